The van der Waals surface area contributed by atoms with Gasteiger partial charge in [0.1, 0.15) is 5.82 Å². The number of thioether (sulfide) groups is 1. The lowest BCUT2D eigenvalue weighted by molar-refractivity contribution is -0.115. The molecule has 0 aliphatic carbocycles. The summed E-state index contributed by atoms with van der Waals surface area (Å²) in [5, 5.41) is 7.74. The molecule has 0 aliphatic heterocycles. The van der Waals surface area contributed by atoms with E-state index in [2.05, 4.69) is 52.0 Å². The topological polar surface area (TPSA) is 64.7 Å². The number of benzene rings is 1. The Kier molecular flexibility index (Phi) is 6.24. The van der Waals surface area contributed by atoms with Gasteiger partial charge in [-0.1, -0.05) is 43.8 Å². The van der Waals surface area contributed by atoms with Crippen LogP contribution >= 0.6 is 11.8 Å². The van der Waals surface area contributed by atoms with Crippen molar-refractivity contribution in [3.8, 4) is 5.69 Å². The molecule has 0 aliphatic rings. The molecule has 3 rings (SSSR count). The molecule has 2 aromatic heterocycles. The van der Waals surface area contributed by atoms with Gasteiger partial charge in [0, 0.05) is 24.5 Å². The first-order chi connectivity index (χ1) is 13.4. The highest BCUT2D eigenvalue weighted by Gasteiger charge is 2.20. The van der Waals surface area contributed by atoms with E-state index in [1.807, 2.05) is 39.1 Å². The van der Waals surface area contributed by atoms with E-state index < -0.39 is 0 Å². The van der Waals surface area contributed by atoms with Crippen LogP contribution < -0.4 is 5.32 Å². The second-order valence-electron chi connectivity index (χ2n) is 7.30. The lowest BCUT2D eigenvalue weighted by Gasteiger charge is -2.17. The fourth-order valence-electron chi connectivity index (χ4n) is 3.02. The average Bonchev–Trinajstić information content (AvgIpc) is 3.31. The molecule has 0 saturated carbocycles. The van der Waals surface area contributed by atoms with Crippen molar-refractivity contribution in [1.82, 2.24) is 19.3 Å². The molecule has 1 N–H and O–H groups in total. The molecule has 28 heavy (non-hydrogen) atoms. The molecule has 3 aromatic rings. The zero-order chi connectivity index (χ0) is 20.3. The highest BCUT2D eigenvalue weighted by Crippen LogP contribution is 2.29. The minimum atomic E-state index is -0.303. The zero-order valence-electron chi connectivity index (χ0n) is 17.0. The van der Waals surface area contributed by atoms with Gasteiger partial charge >= 0.3 is 0 Å². The largest absolute Gasteiger partial charge is 0.310 e. The van der Waals surface area contributed by atoms with Crippen LogP contribution in [0.3, 0.4) is 0 Å². The fraction of sp³-hybridized carbons (Fsp3) is 0.381. The number of nitrogens with zero attached hydrogens (tertiary/aromatic N) is 4. The van der Waals surface area contributed by atoms with E-state index in [1.165, 1.54) is 17.3 Å². The van der Waals surface area contributed by atoms with Crippen molar-refractivity contribution in [1.29, 1.82) is 0 Å². The van der Waals surface area contributed by atoms with Gasteiger partial charge in [-0.25, -0.2) is 9.67 Å². The Morgan fingerprint density at radius 1 is 1.07 bits per heavy atom. The van der Waals surface area contributed by atoms with Crippen LogP contribution in [0.4, 0.5) is 5.82 Å². The maximum atomic E-state index is 12.7. The van der Waals surface area contributed by atoms with Crippen molar-refractivity contribution < 1.29 is 4.79 Å². The number of amides is 1. The number of anilines is 1. The molecule has 1 amide bonds. The Balaban J connectivity index is 1.77. The van der Waals surface area contributed by atoms with E-state index in [4.69, 9.17) is 0 Å². The minimum absolute atomic E-state index is 0.0703. The Labute approximate surface area is 170 Å². The third-order valence-electron chi connectivity index (χ3n) is 4.49. The molecule has 2 heterocycles. The third kappa shape index (κ3) is 4.30. The van der Waals surface area contributed by atoms with Crippen LogP contribution in [0.1, 0.15) is 52.1 Å². The number of imidazole rings is 1. The average molecular weight is 398 g/mol. The first-order valence-corrected chi connectivity index (χ1v) is 10.4. The molecule has 0 unspecified atom stereocenters. The number of carbonyl (C=O) groups excluding carboxylic acids is 1. The molecule has 0 radical (unpaired) electrons. The Bertz CT molecular complexity index is 944. The van der Waals surface area contributed by atoms with Crippen molar-refractivity contribution in [2.45, 2.75) is 57.0 Å². The van der Waals surface area contributed by atoms with Crippen LogP contribution in [0.2, 0.25) is 0 Å². The summed E-state index contributed by atoms with van der Waals surface area (Å²) < 4.78 is 3.86. The number of hydrogen-bond acceptors (Lipinski definition) is 4. The van der Waals surface area contributed by atoms with Gasteiger partial charge in [-0.2, -0.15) is 5.10 Å². The van der Waals surface area contributed by atoms with E-state index in [0.29, 0.717) is 11.7 Å². The Morgan fingerprint density at radius 2 is 1.82 bits per heavy atom. The molecule has 1 aromatic carbocycles. The van der Waals surface area contributed by atoms with Gasteiger partial charge in [0.25, 0.3) is 0 Å². The zero-order valence-corrected chi connectivity index (χ0v) is 17.8. The smallest absolute Gasteiger partial charge is 0.238 e. The van der Waals surface area contributed by atoms with Crippen LogP contribution in [0.5, 0.6) is 0 Å². The normalized spacial score (nSPS) is 12.5. The van der Waals surface area contributed by atoms with E-state index in [-0.39, 0.29) is 17.2 Å². The molecule has 148 valence electrons. The van der Waals surface area contributed by atoms with Crippen LogP contribution in [-0.4, -0.2) is 30.5 Å². The summed E-state index contributed by atoms with van der Waals surface area (Å²) in [5.74, 6) is 1.04. The molecular formula is C21H27N5OS. The van der Waals surface area contributed by atoms with Gasteiger partial charge in [-0.3, -0.25) is 9.36 Å². The lowest BCUT2D eigenvalue weighted by atomic mass is 10.0. The van der Waals surface area contributed by atoms with Gasteiger partial charge in [0.05, 0.1) is 17.1 Å². The number of carbonyl (C=O) groups is 1. The second kappa shape index (κ2) is 8.65. The first kappa shape index (κ1) is 20.2. The first-order valence-electron chi connectivity index (χ1n) is 9.52. The Hall–Kier alpha value is -2.54. The predicted molar refractivity (Wildman–Crippen MR) is 114 cm³/mol. The van der Waals surface area contributed by atoms with Gasteiger partial charge in [0.15, 0.2) is 5.16 Å². The van der Waals surface area contributed by atoms with E-state index in [9.17, 15) is 4.79 Å². The highest BCUT2D eigenvalue weighted by atomic mass is 32.2. The number of rotatable bonds is 7. The van der Waals surface area contributed by atoms with Crippen molar-refractivity contribution in [3.63, 3.8) is 0 Å². The number of hydrogen-bond donors (Lipinski definition) is 1. The number of para-hydroxylation sites is 1. The van der Waals surface area contributed by atoms with Gasteiger partial charge in [0.2, 0.25) is 5.91 Å². The summed E-state index contributed by atoms with van der Waals surface area (Å²) in [6.45, 7) is 10.3. The third-order valence-corrected chi connectivity index (χ3v) is 5.57. The van der Waals surface area contributed by atoms with Crippen molar-refractivity contribution in [3.05, 3.63) is 54.5 Å². The SMILES string of the molecule is CC(C)c1ccccc1-n1ccnc1S[C@@H](C)C(=O)Nc1ccnn1C(C)C. The summed E-state index contributed by atoms with van der Waals surface area (Å²) in [7, 11) is 0. The van der Waals surface area contributed by atoms with Crippen molar-refractivity contribution >= 4 is 23.5 Å². The second-order valence-corrected chi connectivity index (χ2v) is 8.61. The van der Waals surface area contributed by atoms with E-state index >= 15 is 0 Å². The van der Waals surface area contributed by atoms with E-state index in [1.54, 1.807) is 17.1 Å². The Morgan fingerprint density at radius 3 is 2.54 bits per heavy atom. The minimum Gasteiger partial charge on any atom is -0.310 e. The van der Waals surface area contributed by atoms with Crippen LogP contribution in [0, 0.1) is 0 Å². The summed E-state index contributed by atoms with van der Waals surface area (Å²) >= 11 is 1.45. The fourth-order valence-corrected chi connectivity index (χ4v) is 3.90. The maximum absolute atomic E-state index is 12.7. The molecule has 1 atom stereocenters. The van der Waals surface area contributed by atoms with Gasteiger partial charge in [-0.05, 0) is 38.3 Å². The summed E-state index contributed by atoms with van der Waals surface area (Å²) in [4.78, 5) is 17.2. The predicted octanol–water partition coefficient (Wildman–Crippen LogP) is 4.89. The molecule has 6 nitrogen and oxygen atoms in total. The van der Waals surface area contributed by atoms with Crippen LogP contribution in [-0.2, 0) is 4.79 Å². The van der Waals surface area contributed by atoms with Crippen molar-refractivity contribution in [2.75, 3.05) is 5.32 Å². The van der Waals surface area contributed by atoms with Crippen LogP contribution in [0.15, 0.2) is 54.1 Å². The summed E-state index contributed by atoms with van der Waals surface area (Å²) in [6, 6.07) is 10.3. The monoisotopic (exact) mass is 397 g/mol. The van der Waals surface area contributed by atoms with Gasteiger partial charge < -0.3 is 5.32 Å². The standard InChI is InChI=1S/C21H27N5OS/c1-14(2)17-8-6-7-9-18(17)25-13-12-22-21(25)28-16(5)20(27)24-19-10-11-23-26(19)15(3)4/h6-16H,1-5H3,(H,24,27)/t16-/m0/s1. The number of nitrogens with one attached hydrogen (secondary N) is 1. The lowest BCUT2D eigenvalue weighted by Crippen LogP contribution is -2.25. The number of aromatic nitrogens is 4. The van der Waals surface area contributed by atoms with Crippen molar-refractivity contribution in [2.24, 2.45) is 0 Å². The molecular weight excluding hydrogens is 370 g/mol. The summed E-state index contributed by atoms with van der Waals surface area (Å²) in [6.07, 6.45) is 5.42. The molecule has 0 spiro atoms. The molecule has 0 saturated heterocycles. The maximum Gasteiger partial charge on any atom is 0.238 e. The highest BCUT2D eigenvalue weighted by molar-refractivity contribution is 8.00. The molecule has 0 bridgehead atoms. The quantitative estimate of drug-likeness (QED) is 0.576. The van der Waals surface area contributed by atoms with E-state index in [0.717, 1.165) is 10.8 Å². The van der Waals surface area contributed by atoms with Crippen LogP contribution in [0.25, 0.3) is 5.69 Å². The molecule has 0 fully saturated rings. The molecule has 7 heteroatoms. The van der Waals surface area contributed by atoms with Gasteiger partial charge in [-0.15, -0.1) is 0 Å². The summed E-state index contributed by atoms with van der Waals surface area (Å²) in [5.41, 5.74) is 2.35.